The molecule has 0 radical (unpaired) electrons. The molecule has 0 fully saturated rings. The van der Waals surface area contributed by atoms with Crippen LogP contribution >= 0.6 is 11.3 Å². The molecule has 0 spiro atoms. The molecule has 1 N–H and O–H groups in total. The summed E-state index contributed by atoms with van der Waals surface area (Å²) in [5.41, 5.74) is 1.54. The van der Waals surface area contributed by atoms with Crippen LogP contribution < -0.4 is 5.32 Å². The summed E-state index contributed by atoms with van der Waals surface area (Å²) in [7, 11) is -2.10. The van der Waals surface area contributed by atoms with Gasteiger partial charge in [0.05, 0.1) is 23.3 Å². The van der Waals surface area contributed by atoms with Gasteiger partial charge in [-0.2, -0.15) is 0 Å². The van der Waals surface area contributed by atoms with Crippen molar-refractivity contribution in [3.8, 4) is 0 Å². The van der Waals surface area contributed by atoms with Crippen LogP contribution in [0.5, 0.6) is 0 Å². The number of benzene rings is 1. The van der Waals surface area contributed by atoms with Gasteiger partial charge in [-0.3, -0.25) is 9.69 Å². The average Bonchev–Trinajstić information content (AvgIpc) is 3.09. The Kier molecular flexibility index (Phi) is 6.40. The minimum Gasteiger partial charge on any atom is -0.465 e. The van der Waals surface area contributed by atoms with Gasteiger partial charge >= 0.3 is 5.97 Å². The van der Waals surface area contributed by atoms with E-state index in [1.54, 1.807) is 13.0 Å². The molecule has 2 heterocycles. The fraction of sp³-hybridized carbons (Fsp3) is 0.400. The fourth-order valence-corrected chi connectivity index (χ4v) is 5.50. The highest BCUT2D eigenvalue weighted by molar-refractivity contribution is 7.91. The van der Waals surface area contributed by atoms with E-state index < -0.39 is 21.7 Å². The second-order valence-corrected chi connectivity index (χ2v) is 10.1. The number of amides is 1. The number of sulfone groups is 1. The van der Waals surface area contributed by atoms with Crippen molar-refractivity contribution in [3.63, 3.8) is 0 Å². The molecule has 0 unspecified atom stereocenters. The number of esters is 1. The van der Waals surface area contributed by atoms with E-state index >= 15 is 0 Å². The summed E-state index contributed by atoms with van der Waals surface area (Å²) in [6.07, 6.45) is 0.713. The monoisotopic (exact) mass is 436 g/mol. The lowest BCUT2D eigenvalue weighted by atomic mass is 10.0. The zero-order chi connectivity index (χ0) is 21.2. The third-order valence-corrected chi connectivity index (χ3v) is 7.90. The van der Waals surface area contributed by atoms with Crippen LogP contribution in [0.4, 0.5) is 5.00 Å². The summed E-state index contributed by atoms with van der Waals surface area (Å²) in [6.45, 7) is 6.11. The number of nitrogens with zero attached hydrogens (tertiary/aromatic N) is 1. The van der Waals surface area contributed by atoms with Crippen LogP contribution in [0.15, 0.2) is 29.2 Å². The Balaban J connectivity index is 1.94. The Morgan fingerprint density at radius 2 is 2.03 bits per heavy atom. The number of hydrogen-bond acceptors (Lipinski definition) is 7. The summed E-state index contributed by atoms with van der Waals surface area (Å²) in [5.74, 6) is -0.991. The van der Waals surface area contributed by atoms with Gasteiger partial charge in [-0.25, -0.2) is 13.2 Å². The number of thiophene rings is 1. The van der Waals surface area contributed by atoms with Crippen molar-refractivity contribution in [2.75, 3.05) is 31.3 Å². The molecule has 0 atom stereocenters. The van der Waals surface area contributed by atoms with Crippen LogP contribution in [0.3, 0.4) is 0 Å². The predicted octanol–water partition coefficient (Wildman–Crippen LogP) is 2.96. The van der Waals surface area contributed by atoms with Gasteiger partial charge in [0.2, 0.25) is 0 Å². The topological polar surface area (TPSA) is 92.8 Å². The van der Waals surface area contributed by atoms with Crippen molar-refractivity contribution in [2.45, 2.75) is 31.7 Å². The Labute approximate surface area is 174 Å². The van der Waals surface area contributed by atoms with Crippen molar-refractivity contribution < 1.29 is 22.7 Å². The fourth-order valence-electron chi connectivity index (χ4n) is 3.31. The molecule has 0 bridgehead atoms. The van der Waals surface area contributed by atoms with E-state index in [0.29, 0.717) is 17.0 Å². The maximum atomic E-state index is 12.8. The lowest BCUT2D eigenvalue weighted by Gasteiger charge is -2.25. The van der Waals surface area contributed by atoms with Gasteiger partial charge in [-0.1, -0.05) is 19.9 Å². The zero-order valence-electron chi connectivity index (χ0n) is 16.6. The molecule has 3 rings (SSSR count). The number of rotatable bonds is 6. The van der Waals surface area contributed by atoms with E-state index in [0.717, 1.165) is 30.1 Å². The Hall–Kier alpha value is -2.23. The summed E-state index contributed by atoms with van der Waals surface area (Å²) in [4.78, 5) is 28.6. The van der Waals surface area contributed by atoms with Crippen LogP contribution in [-0.2, 0) is 27.5 Å². The molecule has 1 aliphatic rings. The molecule has 1 aliphatic heterocycles. The van der Waals surface area contributed by atoms with Gasteiger partial charge in [0.1, 0.15) is 5.00 Å². The second-order valence-electron chi connectivity index (χ2n) is 6.70. The molecular formula is C20H24N2O5S2. The summed E-state index contributed by atoms with van der Waals surface area (Å²) >= 11 is 1.37. The molecule has 1 amide bonds. The third-order valence-electron chi connectivity index (χ3n) is 5.04. The summed E-state index contributed by atoms with van der Waals surface area (Å²) in [6, 6.07) is 5.92. The minimum atomic E-state index is -3.42. The van der Waals surface area contributed by atoms with E-state index in [9.17, 15) is 18.0 Å². The first-order chi connectivity index (χ1) is 13.8. The smallest absolute Gasteiger partial charge is 0.341 e. The number of carbonyl (C=O) groups excluding carboxylic acids is 2. The number of hydrogen-bond donors (Lipinski definition) is 1. The first-order valence-corrected chi connectivity index (χ1v) is 11.9. The third kappa shape index (κ3) is 4.36. The van der Waals surface area contributed by atoms with E-state index in [-0.39, 0.29) is 16.2 Å². The molecule has 7 nitrogen and oxygen atoms in total. The van der Waals surface area contributed by atoms with E-state index in [1.807, 2.05) is 0 Å². The minimum absolute atomic E-state index is 0.0455. The molecule has 0 aliphatic carbocycles. The Morgan fingerprint density at radius 3 is 2.69 bits per heavy atom. The zero-order valence-corrected chi connectivity index (χ0v) is 18.3. The van der Waals surface area contributed by atoms with Crippen LogP contribution in [0, 0.1) is 0 Å². The van der Waals surface area contributed by atoms with Gasteiger partial charge in [-0.05, 0) is 36.7 Å². The molecule has 1 aromatic carbocycles. The first-order valence-electron chi connectivity index (χ1n) is 9.40. The first kappa shape index (κ1) is 21.5. The number of anilines is 1. The summed E-state index contributed by atoms with van der Waals surface area (Å²) in [5, 5.41) is 3.23. The Bertz CT molecular complexity index is 1040. The van der Waals surface area contributed by atoms with Gasteiger partial charge in [-0.15, -0.1) is 11.3 Å². The van der Waals surface area contributed by atoms with Crippen molar-refractivity contribution in [1.29, 1.82) is 0 Å². The van der Waals surface area contributed by atoms with Gasteiger partial charge < -0.3 is 10.1 Å². The van der Waals surface area contributed by atoms with E-state index in [2.05, 4.69) is 17.1 Å². The average molecular weight is 437 g/mol. The highest BCUT2D eigenvalue weighted by atomic mass is 32.2. The molecule has 0 saturated carbocycles. The maximum Gasteiger partial charge on any atom is 0.341 e. The van der Waals surface area contributed by atoms with E-state index in [4.69, 9.17) is 4.74 Å². The highest BCUT2D eigenvalue weighted by Crippen LogP contribution is 2.37. The van der Waals surface area contributed by atoms with Gasteiger partial charge in [0, 0.05) is 23.5 Å². The molecule has 0 saturated heterocycles. The van der Waals surface area contributed by atoms with Crippen molar-refractivity contribution in [2.24, 2.45) is 0 Å². The van der Waals surface area contributed by atoms with Crippen molar-refractivity contribution in [1.82, 2.24) is 4.90 Å². The SMILES string of the molecule is CCN1CCc2c(sc(NC(=O)c3cccc(S(=O)(=O)CC)c3)c2C(=O)OC)C1. The van der Waals surface area contributed by atoms with Crippen molar-refractivity contribution in [3.05, 3.63) is 45.8 Å². The maximum absolute atomic E-state index is 12.8. The van der Waals surface area contributed by atoms with Crippen LogP contribution in [0.1, 0.15) is 45.0 Å². The summed E-state index contributed by atoms with van der Waals surface area (Å²) < 4.78 is 29.2. The highest BCUT2D eigenvalue weighted by Gasteiger charge is 2.29. The number of carbonyl (C=O) groups is 2. The van der Waals surface area contributed by atoms with E-state index in [1.165, 1.54) is 36.6 Å². The van der Waals surface area contributed by atoms with Gasteiger partial charge in [0.15, 0.2) is 9.84 Å². The number of methoxy groups -OCH3 is 1. The molecule has 9 heteroatoms. The quantitative estimate of drug-likeness (QED) is 0.700. The van der Waals surface area contributed by atoms with Crippen LogP contribution in [-0.4, -0.2) is 51.1 Å². The lowest BCUT2D eigenvalue weighted by Crippen LogP contribution is -2.29. The number of likely N-dealkylation sites (N-methyl/N-ethyl adjacent to an activating group) is 1. The molecule has 29 heavy (non-hydrogen) atoms. The normalized spacial score (nSPS) is 14.3. The lowest BCUT2D eigenvalue weighted by molar-refractivity contribution is 0.0600. The van der Waals surface area contributed by atoms with Gasteiger partial charge in [0.25, 0.3) is 5.91 Å². The molecule has 1 aromatic heterocycles. The van der Waals surface area contributed by atoms with Crippen LogP contribution in [0.2, 0.25) is 0 Å². The molecule has 2 aromatic rings. The van der Waals surface area contributed by atoms with Crippen LogP contribution in [0.25, 0.3) is 0 Å². The number of ether oxygens (including phenoxy) is 1. The second kappa shape index (κ2) is 8.64. The Morgan fingerprint density at radius 1 is 1.28 bits per heavy atom. The number of nitrogens with one attached hydrogen (secondary N) is 1. The largest absolute Gasteiger partial charge is 0.465 e. The molecular weight excluding hydrogens is 412 g/mol. The standard InChI is InChI=1S/C20H24N2O5S2/c1-4-22-10-9-15-16(12-22)28-19(17(15)20(24)27-3)21-18(23)13-7-6-8-14(11-13)29(25,26)5-2/h6-8,11H,4-5,9-10,12H2,1-3H3,(H,21,23). The molecule has 156 valence electrons. The van der Waals surface area contributed by atoms with Crippen molar-refractivity contribution >= 4 is 38.1 Å². The number of fused-ring (bicyclic) bond motifs is 1. The predicted molar refractivity (Wildman–Crippen MR) is 112 cm³/mol.